The summed E-state index contributed by atoms with van der Waals surface area (Å²) < 4.78 is 25.6. The molecule has 0 atom stereocenters. The summed E-state index contributed by atoms with van der Waals surface area (Å²) in [6, 6.07) is 8.70. The van der Waals surface area contributed by atoms with Crippen LogP contribution in [-0.2, 0) is 10.0 Å². The average Bonchev–Trinajstić information content (AvgIpc) is 2.92. The summed E-state index contributed by atoms with van der Waals surface area (Å²) >= 11 is 6.07. The number of aromatic nitrogens is 2. The minimum atomic E-state index is -3.26. The minimum absolute atomic E-state index is 0.121. The van der Waals surface area contributed by atoms with Crippen LogP contribution in [0.4, 0.5) is 0 Å². The van der Waals surface area contributed by atoms with Gasteiger partial charge in [-0.05, 0) is 18.2 Å². The molecule has 0 bridgehead atoms. The van der Waals surface area contributed by atoms with Gasteiger partial charge in [0.2, 0.25) is 10.0 Å². The zero-order chi connectivity index (χ0) is 16.2. The van der Waals surface area contributed by atoms with Crippen LogP contribution in [-0.4, -0.2) is 43.5 Å². The molecule has 1 amide bonds. The number of para-hydroxylation sites is 1. The number of amides is 1. The number of nitrogens with one attached hydrogen (secondary N) is 2. The Morgan fingerprint density at radius 2 is 2.00 bits per heavy atom. The Hall–Kier alpha value is -1.90. The van der Waals surface area contributed by atoms with E-state index < -0.39 is 10.0 Å². The Morgan fingerprint density at radius 3 is 2.68 bits per heavy atom. The molecule has 0 aliphatic rings. The Kier molecular flexibility index (Phi) is 5.17. The molecule has 0 spiro atoms. The number of rotatable bonds is 6. The van der Waals surface area contributed by atoms with E-state index in [1.807, 2.05) is 6.07 Å². The van der Waals surface area contributed by atoms with Crippen LogP contribution in [0.2, 0.25) is 5.02 Å². The van der Waals surface area contributed by atoms with E-state index >= 15 is 0 Å². The third-order valence-corrected chi connectivity index (χ3v) is 3.74. The van der Waals surface area contributed by atoms with Crippen molar-refractivity contribution in [3.8, 4) is 5.69 Å². The fraction of sp³-hybridized carbons (Fsp3) is 0.231. The van der Waals surface area contributed by atoms with Crippen molar-refractivity contribution >= 4 is 27.5 Å². The van der Waals surface area contributed by atoms with Crippen molar-refractivity contribution in [2.75, 3.05) is 19.3 Å². The lowest BCUT2D eigenvalue weighted by molar-refractivity contribution is 0.0949. The van der Waals surface area contributed by atoms with Crippen LogP contribution in [0.1, 0.15) is 10.5 Å². The number of carbonyl (C=O) groups is 1. The van der Waals surface area contributed by atoms with Crippen LogP contribution >= 0.6 is 11.6 Å². The van der Waals surface area contributed by atoms with Gasteiger partial charge < -0.3 is 5.32 Å². The molecular weight excluding hydrogens is 328 g/mol. The molecule has 1 aromatic heterocycles. The fourth-order valence-electron chi connectivity index (χ4n) is 1.72. The van der Waals surface area contributed by atoms with Gasteiger partial charge >= 0.3 is 0 Å². The molecule has 0 aliphatic heterocycles. The highest BCUT2D eigenvalue weighted by Crippen LogP contribution is 2.18. The summed E-state index contributed by atoms with van der Waals surface area (Å²) in [7, 11) is -3.26. The van der Waals surface area contributed by atoms with Gasteiger partial charge in [-0.1, -0.05) is 23.7 Å². The van der Waals surface area contributed by atoms with E-state index in [9.17, 15) is 13.2 Å². The Balaban J connectivity index is 1.97. The van der Waals surface area contributed by atoms with Crippen LogP contribution in [0.5, 0.6) is 0 Å². The predicted molar refractivity (Wildman–Crippen MR) is 83.8 cm³/mol. The molecule has 0 saturated heterocycles. The SMILES string of the molecule is CS(=O)(=O)NCCNC(=O)c1ccn(-c2ccccc2Cl)n1. The third-order valence-electron chi connectivity index (χ3n) is 2.70. The molecule has 1 aromatic carbocycles. The van der Waals surface area contributed by atoms with Crippen LogP contribution in [0.3, 0.4) is 0 Å². The molecular formula is C13H15ClN4O3S. The van der Waals surface area contributed by atoms with Gasteiger partial charge in [0, 0.05) is 19.3 Å². The van der Waals surface area contributed by atoms with E-state index in [0.29, 0.717) is 10.7 Å². The van der Waals surface area contributed by atoms with Crippen LogP contribution < -0.4 is 10.0 Å². The third kappa shape index (κ3) is 4.55. The molecule has 0 radical (unpaired) electrons. The predicted octanol–water partition coefficient (Wildman–Crippen LogP) is 0.805. The van der Waals surface area contributed by atoms with Crippen LogP contribution in [0, 0.1) is 0 Å². The Labute approximate surface area is 133 Å². The van der Waals surface area contributed by atoms with Crippen molar-refractivity contribution in [1.29, 1.82) is 0 Å². The number of benzene rings is 1. The van der Waals surface area contributed by atoms with Crippen molar-refractivity contribution in [2.24, 2.45) is 0 Å². The smallest absolute Gasteiger partial charge is 0.271 e. The van der Waals surface area contributed by atoms with Gasteiger partial charge in [0.15, 0.2) is 5.69 Å². The minimum Gasteiger partial charge on any atom is -0.349 e. The number of hydrogen-bond donors (Lipinski definition) is 2. The topological polar surface area (TPSA) is 93.1 Å². The Bertz CT molecular complexity index is 773. The molecule has 0 saturated carbocycles. The second kappa shape index (κ2) is 6.91. The van der Waals surface area contributed by atoms with Gasteiger partial charge in [-0.25, -0.2) is 17.8 Å². The molecule has 7 nitrogen and oxygen atoms in total. The number of hydrogen-bond acceptors (Lipinski definition) is 4. The molecule has 2 aromatic rings. The first-order valence-corrected chi connectivity index (χ1v) is 8.67. The Morgan fingerprint density at radius 1 is 1.27 bits per heavy atom. The first-order chi connectivity index (χ1) is 10.4. The lowest BCUT2D eigenvalue weighted by Crippen LogP contribution is -2.34. The summed E-state index contributed by atoms with van der Waals surface area (Å²) in [5.74, 6) is -0.388. The fourth-order valence-corrected chi connectivity index (χ4v) is 2.41. The summed E-state index contributed by atoms with van der Waals surface area (Å²) in [5, 5.41) is 7.25. The first kappa shape index (κ1) is 16.5. The lowest BCUT2D eigenvalue weighted by Gasteiger charge is -2.05. The van der Waals surface area contributed by atoms with Crippen LogP contribution in [0.15, 0.2) is 36.5 Å². The second-order valence-corrected chi connectivity index (χ2v) is 6.76. The van der Waals surface area contributed by atoms with E-state index in [4.69, 9.17) is 11.6 Å². The molecule has 0 fully saturated rings. The van der Waals surface area contributed by atoms with Gasteiger partial charge in [0.1, 0.15) is 0 Å². The molecule has 1 heterocycles. The molecule has 118 valence electrons. The van der Waals surface area contributed by atoms with Crippen molar-refractivity contribution in [2.45, 2.75) is 0 Å². The molecule has 9 heteroatoms. The number of halogens is 1. The highest BCUT2D eigenvalue weighted by molar-refractivity contribution is 7.88. The molecule has 2 N–H and O–H groups in total. The molecule has 2 rings (SSSR count). The van der Waals surface area contributed by atoms with Crippen molar-refractivity contribution in [1.82, 2.24) is 19.8 Å². The van der Waals surface area contributed by atoms with Crippen molar-refractivity contribution < 1.29 is 13.2 Å². The standard InChI is InChI=1S/C13H15ClN4O3S/c1-22(20,21)16-8-7-15-13(19)11-6-9-18(17-11)12-5-3-2-4-10(12)14/h2-6,9,16H,7-8H2,1H3,(H,15,19). The number of carbonyl (C=O) groups excluding carboxylic acids is 1. The van der Waals surface area contributed by atoms with E-state index in [1.165, 1.54) is 4.68 Å². The lowest BCUT2D eigenvalue weighted by atomic mass is 10.3. The second-order valence-electron chi connectivity index (χ2n) is 4.52. The van der Waals surface area contributed by atoms with Crippen LogP contribution in [0.25, 0.3) is 5.69 Å². The number of sulfonamides is 1. The maximum Gasteiger partial charge on any atom is 0.271 e. The van der Waals surface area contributed by atoms with E-state index in [0.717, 1.165) is 6.26 Å². The monoisotopic (exact) mass is 342 g/mol. The van der Waals surface area contributed by atoms with E-state index in [2.05, 4.69) is 15.1 Å². The average molecular weight is 343 g/mol. The van der Waals surface area contributed by atoms with Crippen molar-refractivity contribution in [3.63, 3.8) is 0 Å². The largest absolute Gasteiger partial charge is 0.349 e. The van der Waals surface area contributed by atoms with E-state index in [1.54, 1.807) is 30.5 Å². The highest BCUT2D eigenvalue weighted by atomic mass is 35.5. The molecule has 0 aliphatic carbocycles. The van der Waals surface area contributed by atoms with Gasteiger partial charge in [0.25, 0.3) is 5.91 Å². The zero-order valence-corrected chi connectivity index (χ0v) is 13.4. The number of nitrogens with zero attached hydrogens (tertiary/aromatic N) is 2. The zero-order valence-electron chi connectivity index (χ0n) is 11.8. The quantitative estimate of drug-likeness (QED) is 0.759. The summed E-state index contributed by atoms with van der Waals surface area (Å²) in [4.78, 5) is 11.9. The highest BCUT2D eigenvalue weighted by Gasteiger charge is 2.11. The van der Waals surface area contributed by atoms with Gasteiger partial charge in [-0.3, -0.25) is 4.79 Å². The maximum absolute atomic E-state index is 11.9. The molecule has 22 heavy (non-hydrogen) atoms. The summed E-state index contributed by atoms with van der Waals surface area (Å²) in [6.07, 6.45) is 2.69. The summed E-state index contributed by atoms with van der Waals surface area (Å²) in [6.45, 7) is 0.292. The maximum atomic E-state index is 11.9. The van der Waals surface area contributed by atoms with Gasteiger partial charge in [-0.2, -0.15) is 5.10 Å². The van der Waals surface area contributed by atoms with E-state index in [-0.39, 0.29) is 24.7 Å². The normalized spacial score (nSPS) is 11.4. The molecule has 0 unspecified atom stereocenters. The first-order valence-electron chi connectivity index (χ1n) is 6.40. The summed E-state index contributed by atoms with van der Waals surface area (Å²) in [5.41, 5.74) is 0.890. The van der Waals surface area contributed by atoms with Gasteiger partial charge in [0.05, 0.1) is 17.0 Å². The van der Waals surface area contributed by atoms with Gasteiger partial charge in [-0.15, -0.1) is 0 Å². The van der Waals surface area contributed by atoms with Crippen molar-refractivity contribution in [3.05, 3.63) is 47.2 Å².